The molecule has 0 aliphatic carbocycles. The van der Waals surface area contributed by atoms with Crippen molar-refractivity contribution in [1.82, 2.24) is 4.98 Å². The number of hydrogen-bond acceptors (Lipinski definition) is 6. The topological polar surface area (TPSA) is 96.3 Å². The molecule has 7 heteroatoms. The summed E-state index contributed by atoms with van der Waals surface area (Å²) in [6.45, 7) is 0.163. The van der Waals surface area contributed by atoms with Gasteiger partial charge in [-0.15, -0.1) is 0 Å². The third-order valence-electron chi connectivity index (χ3n) is 3.92. The van der Waals surface area contributed by atoms with Gasteiger partial charge in [-0.1, -0.05) is 6.07 Å². The maximum Gasteiger partial charge on any atom is 0.255 e. The Balaban J connectivity index is 1.43. The smallest absolute Gasteiger partial charge is 0.255 e. The lowest BCUT2D eigenvalue weighted by Gasteiger charge is -2.08. The number of nitrogens with one attached hydrogen (secondary N) is 2. The minimum absolute atomic E-state index is 0.163. The Morgan fingerprint density at radius 3 is 2.74 bits per heavy atom. The summed E-state index contributed by atoms with van der Waals surface area (Å²) >= 11 is 0. The molecule has 0 saturated heterocycles. The van der Waals surface area contributed by atoms with Crippen LogP contribution in [0.2, 0.25) is 0 Å². The van der Waals surface area contributed by atoms with Gasteiger partial charge in [-0.3, -0.25) is 4.79 Å². The van der Waals surface area contributed by atoms with Crippen molar-refractivity contribution in [3.63, 3.8) is 0 Å². The van der Waals surface area contributed by atoms with Crippen LogP contribution in [-0.4, -0.2) is 17.7 Å². The van der Waals surface area contributed by atoms with Crippen molar-refractivity contribution < 1.29 is 14.3 Å². The largest absolute Gasteiger partial charge is 0.454 e. The number of hydrogen-bond donors (Lipinski definition) is 2. The monoisotopic (exact) mass is 358 g/mol. The van der Waals surface area contributed by atoms with Gasteiger partial charge >= 0.3 is 0 Å². The maximum absolute atomic E-state index is 12.4. The van der Waals surface area contributed by atoms with Gasteiger partial charge in [0.2, 0.25) is 6.79 Å². The fourth-order valence-corrected chi connectivity index (χ4v) is 2.60. The molecule has 1 aliphatic rings. The van der Waals surface area contributed by atoms with Crippen LogP contribution in [0.5, 0.6) is 11.5 Å². The number of rotatable bonds is 4. The number of nitrogens with zero attached hydrogens (tertiary/aromatic N) is 2. The Morgan fingerprint density at radius 2 is 1.93 bits per heavy atom. The summed E-state index contributed by atoms with van der Waals surface area (Å²) < 4.78 is 10.5. The number of amides is 1. The van der Waals surface area contributed by atoms with Gasteiger partial charge in [-0.2, -0.15) is 5.26 Å². The van der Waals surface area contributed by atoms with Crippen molar-refractivity contribution in [2.45, 2.75) is 0 Å². The quantitative estimate of drug-likeness (QED) is 0.738. The van der Waals surface area contributed by atoms with Crippen LogP contribution in [0, 0.1) is 11.3 Å². The van der Waals surface area contributed by atoms with Gasteiger partial charge in [-0.05, 0) is 48.5 Å². The highest BCUT2D eigenvalue weighted by atomic mass is 16.7. The van der Waals surface area contributed by atoms with Crippen molar-refractivity contribution in [1.29, 1.82) is 5.26 Å². The summed E-state index contributed by atoms with van der Waals surface area (Å²) in [5.41, 5.74) is 2.36. The zero-order chi connectivity index (χ0) is 18.6. The molecule has 0 spiro atoms. The highest BCUT2D eigenvalue weighted by molar-refractivity contribution is 6.04. The summed E-state index contributed by atoms with van der Waals surface area (Å²) in [6, 6.07) is 17.7. The summed E-state index contributed by atoms with van der Waals surface area (Å²) in [6.07, 6.45) is 1.56. The van der Waals surface area contributed by atoms with Crippen molar-refractivity contribution in [2.24, 2.45) is 0 Å². The average molecular weight is 358 g/mol. The van der Waals surface area contributed by atoms with Crippen LogP contribution in [0.25, 0.3) is 0 Å². The van der Waals surface area contributed by atoms with E-state index in [0.29, 0.717) is 34.1 Å². The van der Waals surface area contributed by atoms with Crippen LogP contribution in [0.1, 0.15) is 15.9 Å². The van der Waals surface area contributed by atoms with E-state index in [-0.39, 0.29) is 12.7 Å². The molecule has 3 aromatic rings. The Kier molecular flexibility index (Phi) is 4.29. The highest BCUT2D eigenvalue weighted by Gasteiger charge is 2.16. The minimum Gasteiger partial charge on any atom is -0.454 e. The fourth-order valence-electron chi connectivity index (χ4n) is 2.60. The number of ether oxygens (including phenoxy) is 2. The summed E-state index contributed by atoms with van der Waals surface area (Å²) in [5, 5.41) is 14.8. The molecule has 0 saturated carbocycles. The Hall–Kier alpha value is -4.05. The van der Waals surface area contributed by atoms with Crippen LogP contribution in [0.15, 0.2) is 60.8 Å². The standard InChI is InChI=1S/C20H14N4O3/c21-10-13-2-1-3-15(8-13)23-19-7-5-16(11-22-19)24-20(25)14-4-6-17-18(9-14)27-12-26-17/h1-9,11H,12H2,(H,22,23)(H,24,25). The van der Waals surface area contributed by atoms with Crippen molar-refractivity contribution >= 4 is 23.1 Å². The number of nitriles is 1. The van der Waals surface area contributed by atoms with Gasteiger partial charge in [0.05, 0.1) is 23.5 Å². The van der Waals surface area contributed by atoms with Gasteiger partial charge in [0, 0.05) is 11.3 Å². The molecule has 27 heavy (non-hydrogen) atoms. The van der Waals surface area contributed by atoms with Crippen LogP contribution < -0.4 is 20.1 Å². The molecule has 4 rings (SSSR count). The molecule has 132 valence electrons. The first-order valence-electron chi connectivity index (χ1n) is 8.15. The van der Waals surface area contributed by atoms with Crippen LogP contribution in [0.3, 0.4) is 0 Å². The SMILES string of the molecule is N#Cc1cccc(Nc2ccc(NC(=O)c3ccc4c(c3)OCO4)cn2)c1. The van der Waals surface area contributed by atoms with Crippen molar-refractivity contribution in [3.05, 3.63) is 71.9 Å². The van der Waals surface area contributed by atoms with Gasteiger partial charge in [-0.25, -0.2) is 4.98 Å². The second-order valence-electron chi connectivity index (χ2n) is 5.77. The Bertz CT molecular complexity index is 1040. The van der Waals surface area contributed by atoms with E-state index in [1.54, 1.807) is 54.7 Å². The molecule has 2 heterocycles. The zero-order valence-electron chi connectivity index (χ0n) is 14.1. The van der Waals surface area contributed by atoms with E-state index < -0.39 is 0 Å². The van der Waals surface area contributed by atoms with Gasteiger partial charge in [0.15, 0.2) is 11.5 Å². The molecular weight excluding hydrogens is 344 g/mol. The lowest BCUT2D eigenvalue weighted by molar-refractivity contribution is 0.102. The van der Waals surface area contributed by atoms with E-state index in [9.17, 15) is 4.79 Å². The molecule has 1 aliphatic heterocycles. The number of benzene rings is 2. The van der Waals surface area contributed by atoms with E-state index >= 15 is 0 Å². The zero-order valence-corrected chi connectivity index (χ0v) is 14.1. The first kappa shape index (κ1) is 16.4. The van der Waals surface area contributed by atoms with Gasteiger partial charge in [0.1, 0.15) is 5.82 Å². The Morgan fingerprint density at radius 1 is 1.04 bits per heavy atom. The molecule has 1 amide bonds. The molecule has 2 N–H and O–H groups in total. The second kappa shape index (κ2) is 7.06. The summed E-state index contributed by atoms with van der Waals surface area (Å²) in [7, 11) is 0. The van der Waals surface area contributed by atoms with Crippen molar-refractivity contribution in [3.8, 4) is 17.6 Å². The normalized spacial score (nSPS) is 11.5. The minimum atomic E-state index is -0.266. The third kappa shape index (κ3) is 3.65. The van der Waals surface area contributed by atoms with Crippen LogP contribution in [0.4, 0.5) is 17.2 Å². The van der Waals surface area contributed by atoms with E-state index in [1.807, 2.05) is 6.07 Å². The first-order chi connectivity index (χ1) is 13.2. The van der Waals surface area contributed by atoms with E-state index in [0.717, 1.165) is 5.69 Å². The van der Waals surface area contributed by atoms with E-state index in [1.165, 1.54) is 0 Å². The predicted molar refractivity (Wildman–Crippen MR) is 99.2 cm³/mol. The lowest BCUT2D eigenvalue weighted by Crippen LogP contribution is -2.12. The molecule has 0 unspecified atom stereocenters. The summed E-state index contributed by atoms with van der Waals surface area (Å²) in [5.74, 6) is 1.52. The first-order valence-corrected chi connectivity index (χ1v) is 8.15. The van der Waals surface area contributed by atoms with Gasteiger partial charge < -0.3 is 20.1 Å². The molecule has 0 radical (unpaired) electrons. The molecule has 0 atom stereocenters. The Labute approximate surface area is 155 Å². The maximum atomic E-state index is 12.4. The van der Waals surface area contributed by atoms with Gasteiger partial charge in [0.25, 0.3) is 5.91 Å². The third-order valence-corrected chi connectivity index (χ3v) is 3.92. The number of anilines is 3. The number of pyridine rings is 1. The number of carbonyl (C=O) groups is 1. The van der Waals surface area contributed by atoms with E-state index in [4.69, 9.17) is 14.7 Å². The van der Waals surface area contributed by atoms with E-state index in [2.05, 4.69) is 21.7 Å². The number of fused-ring (bicyclic) bond motifs is 1. The average Bonchev–Trinajstić information content (AvgIpc) is 3.17. The fraction of sp³-hybridized carbons (Fsp3) is 0.0500. The molecular formula is C20H14N4O3. The number of aromatic nitrogens is 1. The predicted octanol–water partition coefficient (Wildman–Crippen LogP) is 3.68. The number of carbonyl (C=O) groups excluding carboxylic acids is 1. The molecule has 7 nitrogen and oxygen atoms in total. The van der Waals surface area contributed by atoms with Crippen molar-refractivity contribution in [2.75, 3.05) is 17.4 Å². The molecule has 0 fully saturated rings. The van der Waals surface area contributed by atoms with Crippen LogP contribution in [-0.2, 0) is 0 Å². The second-order valence-corrected chi connectivity index (χ2v) is 5.77. The highest BCUT2D eigenvalue weighted by Crippen LogP contribution is 2.32. The molecule has 1 aromatic heterocycles. The molecule has 2 aromatic carbocycles. The van der Waals surface area contributed by atoms with Crippen LogP contribution >= 0.6 is 0 Å². The summed E-state index contributed by atoms with van der Waals surface area (Å²) in [4.78, 5) is 16.7. The lowest BCUT2D eigenvalue weighted by atomic mass is 10.2. The molecule has 0 bridgehead atoms.